The van der Waals surface area contributed by atoms with Crippen LogP contribution in [-0.2, 0) is 0 Å². The number of hydrogen-bond donors (Lipinski definition) is 0. The predicted octanol–water partition coefficient (Wildman–Crippen LogP) is 2.65. The molecule has 0 amide bonds. The summed E-state index contributed by atoms with van der Waals surface area (Å²) < 4.78 is 0. The fraction of sp³-hybridized carbons (Fsp3) is 0.556. The minimum atomic E-state index is 0. The molecular formula is C9H18BrN. The van der Waals surface area contributed by atoms with E-state index < -0.39 is 0 Å². The lowest BCUT2D eigenvalue weighted by Gasteiger charge is -2.16. The first-order valence-electron chi connectivity index (χ1n) is 3.79. The van der Waals surface area contributed by atoms with Gasteiger partial charge in [0.2, 0.25) is 0 Å². The predicted molar refractivity (Wildman–Crippen MR) is 57.4 cm³/mol. The summed E-state index contributed by atoms with van der Waals surface area (Å²) >= 11 is 0. The first-order chi connectivity index (χ1) is 4.85. The van der Waals surface area contributed by atoms with Gasteiger partial charge < -0.3 is 0 Å². The lowest BCUT2D eigenvalue weighted by molar-refractivity contribution is 0.336. The van der Waals surface area contributed by atoms with Crippen LogP contribution < -0.4 is 0 Å². The van der Waals surface area contributed by atoms with E-state index in [9.17, 15) is 0 Å². The van der Waals surface area contributed by atoms with Crippen molar-refractivity contribution in [3.05, 3.63) is 25.3 Å². The highest BCUT2D eigenvalue weighted by atomic mass is 79.9. The summed E-state index contributed by atoms with van der Waals surface area (Å²) in [6, 6.07) is 0. The average molecular weight is 220 g/mol. The van der Waals surface area contributed by atoms with E-state index in [4.69, 9.17) is 0 Å². The molecule has 0 N–H and O–H groups in total. The number of hydrogen-bond acceptors (Lipinski definition) is 1. The third kappa shape index (κ3) is 7.82. The molecule has 0 aromatic carbocycles. The number of halogens is 1. The summed E-state index contributed by atoms with van der Waals surface area (Å²) in [5.41, 5.74) is 0. The molecule has 0 aliphatic rings. The summed E-state index contributed by atoms with van der Waals surface area (Å²) in [5.74, 6) is 0. The molecule has 11 heavy (non-hydrogen) atoms. The van der Waals surface area contributed by atoms with Crippen LogP contribution in [0.1, 0.15) is 13.3 Å². The Balaban J connectivity index is 0. The Morgan fingerprint density at radius 1 is 1.18 bits per heavy atom. The highest BCUT2D eigenvalue weighted by Crippen LogP contribution is 1.90. The molecule has 0 unspecified atom stereocenters. The number of nitrogens with zero attached hydrogens (tertiary/aromatic N) is 1. The summed E-state index contributed by atoms with van der Waals surface area (Å²) in [6.07, 6.45) is 5.06. The van der Waals surface area contributed by atoms with Gasteiger partial charge in [0.1, 0.15) is 0 Å². The molecule has 0 aliphatic carbocycles. The van der Waals surface area contributed by atoms with E-state index in [1.54, 1.807) is 0 Å². The molecule has 66 valence electrons. The minimum absolute atomic E-state index is 0. The third-order valence-electron chi connectivity index (χ3n) is 1.31. The van der Waals surface area contributed by atoms with Crippen LogP contribution in [0.4, 0.5) is 0 Å². The molecule has 0 spiro atoms. The second-order valence-corrected chi connectivity index (χ2v) is 2.34. The largest absolute Gasteiger partial charge is 0.296 e. The van der Waals surface area contributed by atoms with Crippen LogP contribution >= 0.6 is 17.0 Å². The third-order valence-corrected chi connectivity index (χ3v) is 1.31. The SMILES string of the molecule is Br.C=CCN(CC=C)CCC. The van der Waals surface area contributed by atoms with E-state index >= 15 is 0 Å². The van der Waals surface area contributed by atoms with Crippen LogP contribution in [0.15, 0.2) is 25.3 Å². The van der Waals surface area contributed by atoms with Gasteiger partial charge in [-0.1, -0.05) is 19.1 Å². The van der Waals surface area contributed by atoms with Crippen LogP contribution in [0.2, 0.25) is 0 Å². The molecule has 2 heteroatoms. The van der Waals surface area contributed by atoms with Crippen LogP contribution in [0.5, 0.6) is 0 Å². The lowest BCUT2D eigenvalue weighted by Crippen LogP contribution is -2.24. The second-order valence-electron chi connectivity index (χ2n) is 2.34. The van der Waals surface area contributed by atoms with E-state index in [0.717, 1.165) is 19.6 Å². The van der Waals surface area contributed by atoms with Crippen LogP contribution in [-0.4, -0.2) is 24.5 Å². The van der Waals surface area contributed by atoms with Gasteiger partial charge in [0, 0.05) is 13.1 Å². The Labute approximate surface area is 80.6 Å². The van der Waals surface area contributed by atoms with Crippen molar-refractivity contribution >= 4 is 17.0 Å². The second kappa shape index (κ2) is 9.92. The van der Waals surface area contributed by atoms with Crippen molar-refractivity contribution in [1.82, 2.24) is 4.90 Å². The highest BCUT2D eigenvalue weighted by molar-refractivity contribution is 8.93. The Morgan fingerprint density at radius 2 is 1.64 bits per heavy atom. The summed E-state index contributed by atoms with van der Waals surface area (Å²) in [6.45, 7) is 12.6. The lowest BCUT2D eigenvalue weighted by atomic mass is 10.4. The average Bonchev–Trinajstić information content (AvgIpc) is 1.90. The van der Waals surface area contributed by atoms with Gasteiger partial charge in [-0.2, -0.15) is 0 Å². The molecule has 0 aromatic rings. The molecule has 0 aliphatic heterocycles. The highest BCUT2D eigenvalue weighted by Gasteiger charge is 1.95. The minimum Gasteiger partial charge on any atom is -0.296 e. The Bertz CT molecular complexity index is 91.7. The Hall–Kier alpha value is -0.0800. The van der Waals surface area contributed by atoms with E-state index in [1.807, 2.05) is 12.2 Å². The zero-order valence-corrected chi connectivity index (χ0v) is 8.97. The fourth-order valence-corrected chi connectivity index (χ4v) is 0.938. The van der Waals surface area contributed by atoms with Crippen molar-refractivity contribution in [2.45, 2.75) is 13.3 Å². The maximum absolute atomic E-state index is 3.69. The molecule has 0 fully saturated rings. The molecule has 0 atom stereocenters. The molecule has 0 bridgehead atoms. The first kappa shape index (κ1) is 13.5. The molecule has 0 heterocycles. The zero-order valence-electron chi connectivity index (χ0n) is 7.25. The summed E-state index contributed by atoms with van der Waals surface area (Å²) in [5, 5.41) is 0. The quantitative estimate of drug-likeness (QED) is 0.622. The van der Waals surface area contributed by atoms with Crippen molar-refractivity contribution in [1.29, 1.82) is 0 Å². The van der Waals surface area contributed by atoms with Crippen LogP contribution in [0.3, 0.4) is 0 Å². The van der Waals surface area contributed by atoms with Gasteiger partial charge in [-0.3, -0.25) is 4.90 Å². The van der Waals surface area contributed by atoms with Crippen LogP contribution in [0.25, 0.3) is 0 Å². The zero-order chi connectivity index (χ0) is 7.82. The molecular weight excluding hydrogens is 202 g/mol. The first-order valence-corrected chi connectivity index (χ1v) is 3.79. The van der Waals surface area contributed by atoms with Gasteiger partial charge in [-0.05, 0) is 13.0 Å². The van der Waals surface area contributed by atoms with Crippen molar-refractivity contribution in [3.63, 3.8) is 0 Å². The number of rotatable bonds is 6. The van der Waals surface area contributed by atoms with Gasteiger partial charge in [0.05, 0.1) is 0 Å². The van der Waals surface area contributed by atoms with E-state index in [1.165, 1.54) is 6.42 Å². The fourth-order valence-electron chi connectivity index (χ4n) is 0.938. The van der Waals surface area contributed by atoms with Gasteiger partial charge >= 0.3 is 0 Å². The van der Waals surface area contributed by atoms with E-state index in [-0.39, 0.29) is 17.0 Å². The van der Waals surface area contributed by atoms with Gasteiger partial charge in [-0.15, -0.1) is 30.1 Å². The monoisotopic (exact) mass is 219 g/mol. The summed E-state index contributed by atoms with van der Waals surface area (Å²) in [7, 11) is 0. The molecule has 0 aromatic heterocycles. The van der Waals surface area contributed by atoms with Crippen molar-refractivity contribution < 1.29 is 0 Å². The molecule has 0 saturated carbocycles. The maximum Gasteiger partial charge on any atom is 0.0163 e. The van der Waals surface area contributed by atoms with Gasteiger partial charge in [0.15, 0.2) is 0 Å². The van der Waals surface area contributed by atoms with Crippen molar-refractivity contribution in [2.24, 2.45) is 0 Å². The maximum atomic E-state index is 3.69. The molecule has 0 rings (SSSR count). The van der Waals surface area contributed by atoms with Crippen molar-refractivity contribution in [2.75, 3.05) is 19.6 Å². The van der Waals surface area contributed by atoms with Gasteiger partial charge in [0.25, 0.3) is 0 Å². The van der Waals surface area contributed by atoms with Crippen molar-refractivity contribution in [3.8, 4) is 0 Å². The Kier molecular flexibility index (Phi) is 12.2. The topological polar surface area (TPSA) is 3.24 Å². The molecule has 1 nitrogen and oxygen atoms in total. The van der Waals surface area contributed by atoms with Gasteiger partial charge in [-0.25, -0.2) is 0 Å². The Morgan fingerprint density at radius 3 is 1.91 bits per heavy atom. The normalized spacial score (nSPS) is 8.91. The van der Waals surface area contributed by atoms with Crippen LogP contribution in [0, 0.1) is 0 Å². The van der Waals surface area contributed by atoms with E-state index in [2.05, 4.69) is 25.0 Å². The molecule has 0 radical (unpaired) electrons. The summed E-state index contributed by atoms with van der Waals surface area (Å²) in [4.78, 5) is 2.31. The van der Waals surface area contributed by atoms with E-state index in [0.29, 0.717) is 0 Å². The standard InChI is InChI=1S/C9H17N.BrH/c1-4-7-10(8-5-2)9-6-3;/h4-5H,1-2,6-9H2,3H3;1H. The molecule has 0 saturated heterocycles. The smallest absolute Gasteiger partial charge is 0.0163 e.